The molecular formula is C16H23NO2. The summed E-state index contributed by atoms with van der Waals surface area (Å²) in [5.41, 5.74) is 3.01. The number of carbonyl (C=O) groups is 1. The lowest BCUT2D eigenvalue weighted by Gasteiger charge is -2.39. The van der Waals surface area contributed by atoms with Crippen LogP contribution >= 0.6 is 0 Å². The van der Waals surface area contributed by atoms with Crippen molar-refractivity contribution in [3.05, 3.63) is 29.3 Å². The van der Waals surface area contributed by atoms with Crippen molar-refractivity contribution in [2.24, 2.45) is 5.41 Å². The molecule has 104 valence electrons. The fraction of sp³-hybridized carbons (Fsp3) is 0.562. The Labute approximate surface area is 115 Å². The average Bonchev–Trinajstić information content (AvgIpc) is 2.70. The van der Waals surface area contributed by atoms with Crippen LogP contribution in [0, 0.1) is 12.3 Å². The standard InChI is InChI=1S/C16H23NO2/c1-10(2)17-13-8-6-7-11(3)12(13)9-14(17)16(4,5)15(18)19/h6-8,10,14H,9H2,1-5H3,(H,18,19). The van der Waals surface area contributed by atoms with E-state index in [-0.39, 0.29) is 6.04 Å². The monoisotopic (exact) mass is 261 g/mol. The van der Waals surface area contributed by atoms with Gasteiger partial charge in [0.2, 0.25) is 0 Å². The van der Waals surface area contributed by atoms with Crippen molar-refractivity contribution in [3.8, 4) is 0 Å². The number of aryl methyl sites for hydroxylation is 1. The largest absolute Gasteiger partial charge is 0.481 e. The van der Waals surface area contributed by atoms with Gasteiger partial charge >= 0.3 is 5.97 Å². The van der Waals surface area contributed by atoms with Crippen LogP contribution in [-0.2, 0) is 11.2 Å². The van der Waals surface area contributed by atoms with Crippen LogP contribution in [0.2, 0.25) is 0 Å². The average molecular weight is 261 g/mol. The molecule has 1 atom stereocenters. The topological polar surface area (TPSA) is 40.5 Å². The normalized spacial score (nSPS) is 18.8. The first-order valence-electron chi connectivity index (χ1n) is 6.87. The Bertz CT molecular complexity index is 505. The van der Waals surface area contributed by atoms with Gasteiger partial charge in [-0.3, -0.25) is 4.79 Å². The van der Waals surface area contributed by atoms with Gasteiger partial charge in [-0.1, -0.05) is 12.1 Å². The summed E-state index contributed by atoms with van der Waals surface area (Å²) in [6.45, 7) is 10.0. The summed E-state index contributed by atoms with van der Waals surface area (Å²) in [6, 6.07) is 6.58. The number of hydrogen-bond donors (Lipinski definition) is 1. The summed E-state index contributed by atoms with van der Waals surface area (Å²) in [5.74, 6) is -0.728. The van der Waals surface area contributed by atoms with E-state index in [1.54, 1.807) is 0 Å². The highest BCUT2D eigenvalue weighted by Crippen LogP contribution is 2.42. The fourth-order valence-electron chi connectivity index (χ4n) is 3.04. The van der Waals surface area contributed by atoms with Gasteiger partial charge in [0.05, 0.1) is 5.41 Å². The van der Waals surface area contributed by atoms with Crippen LogP contribution in [0.3, 0.4) is 0 Å². The fourth-order valence-corrected chi connectivity index (χ4v) is 3.04. The van der Waals surface area contributed by atoms with E-state index in [2.05, 4.69) is 43.9 Å². The molecule has 0 saturated carbocycles. The van der Waals surface area contributed by atoms with E-state index in [9.17, 15) is 9.90 Å². The second-order valence-corrected chi connectivity index (χ2v) is 6.32. The zero-order chi connectivity index (χ0) is 14.4. The number of rotatable bonds is 3. The van der Waals surface area contributed by atoms with Gasteiger partial charge in [-0.2, -0.15) is 0 Å². The number of hydrogen-bond acceptors (Lipinski definition) is 2. The van der Waals surface area contributed by atoms with Crippen molar-refractivity contribution in [3.63, 3.8) is 0 Å². The highest BCUT2D eigenvalue weighted by atomic mass is 16.4. The van der Waals surface area contributed by atoms with Gasteiger partial charge < -0.3 is 10.0 Å². The number of aliphatic carboxylic acids is 1. The number of anilines is 1. The van der Waals surface area contributed by atoms with Crippen molar-refractivity contribution in [1.29, 1.82) is 0 Å². The lowest BCUT2D eigenvalue weighted by atomic mass is 9.81. The van der Waals surface area contributed by atoms with Gasteiger partial charge in [0.15, 0.2) is 0 Å². The molecule has 2 rings (SSSR count). The molecule has 1 aliphatic heterocycles. The lowest BCUT2D eigenvalue weighted by Crippen LogP contribution is -2.50. The second kappa shape index (κ2) is 4.55. The first kappa shape index (κ1) is 13.9. The Balaban J connectivity index is 2.51. The zero-order valence-electron chi connectivity index (χ0n) is 12.4. The van der Waals surface area contributed by atoms with Crippen LogP contribution in [-0.4, -0.2) is 23.2 Å². The molecule has 0 aliphatic carbocycles. The van der Waals surface area contributed by atoms with E-state index in [4.69, 9.17) is 0 Å². The molecule has 3 heteroatoms. The van der Waals surface area contributed by atoms with E-state index in [1.807, 2.05) is 13.8 Å². The maximum atomic E-state index is 11.6. The summed E-state index contributed by atoms with van der Waals surface area (Å²) in [6.07, 6.45) is 0.819. The number of nitrogens with zero attached hydrogens (tertiary/aromatic N) is 1. The molecule has 0 radical (unpaired) electrons. The Morgan fingerprint density at radius 3 is 2.58 bits per heavy atom. The van der Waals surface area contributed by atoms with Crippen LogP contribution < -0.4 is 4.90 Å². The molecule has 1 unspecified atom stereocenters. The predicted octanol–water partition coefficient (Wildman–Crippen LogP) is 3.25. The summed E-state index contributed by atoms with van der Waals surface area (Å²) in [4.78, 5) is 13.9. The third-order valence-electron chi connectivity index (χ3n) is 4.34. The van der Waals surface area contributed by atoms with Gasteiger partial charge in [0.25, 0.3) is 0 Å². The summed E-state index contributed by atoms with van der Waals surface area (Å²) in [7, 11) is 0. The number of carboxylic acid groups (broad SMARTS) is 1. The first-order valence-corrected chi connectivity index (χ1v) is 6.87. The molecule has 0 aromatic heterocycles. The highest BCUT2D eigenvalue weighted by Gasteiger charge is 2.45. The van der Waals surface area contributed by atoms with Crippen molar-refractivity contribution < 1.29 is 9.90 Å². The van der Waals surface area contributed by atoms with E-state index in [0.29, 0.717) is 6.04 Å². The molecular weight excluding hydrogens is 238 g/mol. The third-order valence-corrected chi connectivity index (χ3v) is 4.34. The molecule has 1 N–H and O–H groups in total. The van der Waals surface area contributed by atoms with Crippen LogP contribution in [0.4, 0.5) is 5.69 Å². The minimum Gasteiger partial charge on any atom is -0.481 e. The molecule has 0 amide bonds. The number of fused-ring (bicyclic) bond motifs is 1. The van der Waals surface area contributed by atoms with E-state index in [1.165, 1.54) is 16.8 Å². The van der Waals surface area contributed by atoms with Crippen molar-refractivity contribution >= 4 is 11.7 Å². The Kier molecular flexibility index (Phi) is 3.33. The van der Waals surface area contributed by atoms with Gasteiger partial charge in [-0.25, -0.2) is 0 Å². The first-order chi connectivity index (χ1) is 8.76. The summed E-state index contributed by atoms with van der Waals surface area (Å²) in [5, 5.41) is 9.52. The molecule has 0 spiro atoms. The molecule has 1 aromatic carbocycles. The second-order valence-electron chi connectivity index (χ2n) is 6.32. The third kappa shape index (κ3) is 2.11. The van der Waals surface area contributed by atoms with Crippen LogP contribution in [0.15, 0.2) is 18.2 Å². The van der Waals surface area contributed by atoms with Gasteiger partial charge in [-0.05, 0) is 58.2 Å². The Morgan fingerprint density at radius 2 is 2.05 bits per heavy atom. The summed E-state index contributed by atoms with van der Waals surface area (Å²) < 4.78 is 0. The van der Waals surface area contributed by atoms with Gasteiger partial charge in [-0.15, -0.1) is 0 Å². The summed E-state index contributed by atoms with van der Waals surface area (Å²) >= 11 is 0. The van der Waals surface area contributed by atoms with Crippen molar-refractivity contribution in [2.45, 2.75) is 53.1 Å². The minimum atomic E-state index is -0.754. The van der Waals surface area contributed by atoms with Crippen LogP contribution in [0.1, 0.15) is 38.8 Å². The van der Waals surface area contributed by atoms with Crippen LogP contribution in [0.5, 0.6) is 0 Å². The zero-order valence-corrected chi connectivity index (χ0v) is 12.4. The molecule has 0 bridgehead atoms. The Hall–Kier alpha value is -1.51. The number of carboxylic acids is 1. The van der Waals surface area contributed by atoms with E-state index in [0.717, 1.165) is 6.42 Å². The predicted molar refractivity (Wildman–Crippen MR) is 77.7 cm³/mol. The van der Waals surface area contributed by atoms with Crippen molar-refractivity contribution in [1.82, 2.24) is 0 Å². The highest BCUT2D eigenvalue weighted by molar-refractivity contribution is 5.77. The number of benzene rings is 1. The lowest BCUT2D eigenvalue weighted by molar-refractivity contribution is -0.148. The van der Waals surface area contributed by atoms with E-state index < -0.39 is 11.4 Å². The molecule has 1 aromatic rings. The maximum absolute atomic E-state index is 11.6. The molecule has 0 fully saturated rings. The van der Waals surface area contributed by atoms with Gasteiger partial charge in [0, 0.05) is 17.8 Å². The maximum Gasteiger partial charge on any atom is 0.311 e. The quantitative estimate of drug-likeness (QED) is 0.908. The smallest absolute Gasteiger partial charge is 0.311 e. The SMILES string of the molecule is Cc1cccc2c1CC(C(C)(C)C(=O)O)N2C(C)C. The van der Waals surface area contributed by atoms with E-state index >= 15 is 0 Å². The molecule has 19 heavy (non-hydrogen) atoms. The molecule has 0 saturated heterocycles. The van der Waals surface area contributed by atoms with Gasteiger partial charge in [0.1, 0.15) is 0 Å². The Morgan fingerprint density at radius 1 is 1.42 bits per heavy atom. The molecule has 1 heterocycles. The van der Waals surface area contributed by atoms with Crippen LogP contribution in [0.25, 0.3) is 0 Å². The van der Waals surface area contributed by atoms with Crippen molar-refractivity contribution in [2.75, 3.05) is 4.90 Å². The molecule has 3 nitrogen and oxygen atoms in total. The minimum absolute atomic E-state index is 0.0149. The molecule has 1 aliphatic rings.